The summed E-state index contributed by atoms with van der Waals surface area (Å²) in [6.45, 7) is 5.81. The molecule has 0 spiro atoms. The molecule has 0 unspecified atom stereocenters. The molecular formula is C12H17NO3. The van der Waals surface area contributed by atoms with Crippen LogP contribution in [0, 0.1) is 0 Å². The van der Waals surface area contributed by atoms with Gasteiger partial charge in [0.05, 0.1) is 18.9 Å². The lowest BCUT2D eigenvalue weighted by Gasteiger charge is -2.12. The lowest BCUT2D eigenvalue weighted by atomic mass is 10.1. The van der Waals surface area contributed by atoms with Crippen LogP contribution in [-0.4, -0.2) is 30.0 Å². The summed E-state index contributed by atoms with van der Waals surface area (Å²) in [6.07, 6.45) is 0. The van der Waals surface area contributed by atoms with E-state index >= 15 is 0 Å². The summed E-state index contributed by atoms with van der Waals surface area (Å²) in [5, 5.41) is 11.6. The molecule has 0 aliphatic carbocycles. The second-order valence-corrected chi connectivity index (χ2v) is 4.22. The normalized spacial score (nSPS) is 17.4. The Hall–Kier alpha value is -1.39. The van der Waals surface area contributed by atoms with Gasteiger partial charge in [0, 0.05) is 5.54 Å². The van der Waals surface area contributed by atoms with Gasteiger partial charge in [0.25, 0.3) is 0 Å². The molecule has 1 fully saturated rings. The van der Waals surface area contributed by atoms with E-state index in [9.17, 15) is 4.79 Å². The van der Waals surface area contributed by atoms with Gasteiger partial charge in [0.1, 0.15) is 0 Å². The fourth-order valence-corrected chi connectivity index (χ4v) is 1.18. The lowest BCUT2D eigenvalue weighted by molar-refractivity contribution is 0.0697. The highest BCUT2D eigenvalue weighted by Crippen LogP contribution is 2.06. The predicted octanol–water partition coefficient (Wildman–Crippen LogP) is 1.73. The van der Waals surface area contributed by atoms with Crippen molar-refractivity contribution in [3.05, 3.63) is 35.9 Å². The molecule has 1 aliphatic rings. The van der Waals surface area contributed by atoms with Crippen LogP contribution in [-0.2, 0) is 4.74 Å². The number of hydrogen-bond donors (Lipinski definition) is 2. The van der Waals surface area contributed by atoms with Gasteiger partial charge in [-0.2, -0.15) is 0 Å². The topological polar surface area (TPSA) is 58.6 Å². The molecular weight excluding hydrogens is 206 g/mol. The van der Waals surface area contributed by atoms with Crippen LogP contribution in [0.1, 0.15) is 24.2 Å². The molecule has 0 radical (unpaired) electrons. The molecule has 1 saturated heterocycles. The Morgan fingerprint density at radius 2 is 2.00 bits per heavy atom. The number of carboxylic acid groups (broad SMARTS) is 1. The zero-order valence-electron chi connectivity index (χ0n) is 9.56. The second-order valence-electron chi connectivity index (χ2n) is 4.22. The van der Waals surface area contributed by atoms with Crippen molar-refractivity contribution in [2.75, 3.05) is 13.3 Å². The summed E-state index contributed by atoms with van der Waals surface area (Å²) < 4.78 is 5.05. The lowest BCUT2D eigenvalue weighted by Crippen LogP contribution is -2.34. The molecule has 4 nitrogen and oxygen atoms in total. The minimum atomic E-state index is -0.879. The first-order chi connectivity index (χ1) is 7.51. The van der Waals surface area contributed by atoms with Crippen molar-refractivity contribution in [2.45, 2.75) is 19.4 Å². The van der Waals surface area contributed by atoms with Gasteiger partial charge < -0.3 is 9.84 Å². The van der Waals surface area contributed by atoms with Crippen molar-refractivity contribution in [3.63, 3.8) is 0 Å². The molecule has 2 N–H and O–H groups in total. The molecule has 0 saturated carbocycles. The smallest absolute Gasteiger partial charge is 0.335 e. The Morgan fingerprint density at radius 1 is 1.38 bits per heavy atom. The zero-order valence-corrected chi connectivity index (χ0v) is 9.56. The molecule has 0 atom stereocenters. The van der Waals surface area contributed by atoms with Gasteiger partial charge in [-0.25, -0.2) is 4.79 Å². The third-order valence-electron chi connectivity index (χ3n) is 2.14. The molecule has 4 heteroatoms. The first-order valence-corrected chi connectivity index (χ1v) is 5.12. The Morgan fingerprint density at radius 3 is 2.25 bits per heavy atom. The fourth-order valence-electron chi connectivity index (χ4n) is 1.18. The molecule has 1 aliphatic heterocycles. The van der Waals surface area contributed by atoms with Crippen LogP contribution < -0.4 is 5.32 Å². The van der Waals surface area contributed by atoms with Crippen molar-refractivity contribution in [1.82, 2.24) is 5.32 Å². The summed E-state index contributed by atoms with van der Waals surface area (Å²) in [4.78, 5) is 10.2. The van der Waals surface area contributed by atoms with E-state index in [1.54, 1.807) is 30.3 Å². The fraction of sp³-hybridized carbons (Fsp3) is 0.417. The predicted molar refractivity (Wildman–Crippen MR) is 61.4 cm³/mol. The number of carbonyl (C=O) groups is 1. The third kappa shape index (κ3) is 4.42. The number of hydrogen-bond acceptors (Lipinski definition) is 3. The Balaban J connectivity index is 0.000000165. The van der Waals surface area contributed by atoms with Gasteiger partial charge in [-0.05, 0) is 26.0 Å². The van der Waals surface area contributed by atoms with E-state index in [2.05, 4.69) is 19.2 Å². The molecule has 0 amide bonds. The standard InChI is InChI=1S/C7H6O2.C5H11NO/c8-7(9)6-4-2-1-3-5-6;1-5(2)3-7-4-6-5/h1-5H,(H,8,9);6H,3-4H2,1-2H3. The van der Waals surface area contributed by atoms with Gasteiger partial charge >= 0.3 is 5.97 Å². The summed E-state index contributed by atoms with van der Waals surface area (Å²) >= 11 is 0. The van der Waals surface area contributed by atoms with Crippen LogP contribution in [0.5, 0.6) is 0 Å². The van der Waals surface area contributed by atoms with Crippen molar-refractivity contribution >= 4 is 5.97 Å². The molecule has 0 bridgehead atoms. The third-order valence-corrected chi connectivity index (χ3v) is 2.14. The van der Waals surface area contributed by atoms with E-state index < -0.39 is 5.97 Å². The van der Waals surface area contributed by atoms with E-state index in [1.165, 1.54) is 0 Å². The molecule has 1 heterocycles. The molecule has 1 aromatic rings. The molecule has 88 valence electrons. The highest BCUT2D eigenvalue weighted by atomic mass is 16.5. The number of rotatable bonds is 1. The summed E-state index contributed by atoms with van der Waals surface area (Å²) in [7, 11) is 0. The van der Waals surface area contributed by atoms with E-state index in [0.29, 0.717) is 12.3 Å². The van der Waals surface area contributed by atoms with Crippen LogP contribution in [0.3, 0.4) is 0 Å². The minimum absolute atomic E-state index is 0.222. The van der Waals surface area contributed by atoms with Crippen LogP contribution in [0.25, 0.3) is 0 Å². The molecule has 2 rings (SSSR count). The maximum Gasteiger partial charge on any atom is 0.335 e. The van der Waals surface area contributed by atoms with Crippen LogP contribution in [0.2, 0.25) is 0 Å². The average Bonchev–Trinajstić information content (AvgIpc) is 2.65. The van der Waals surface area contributed by atoms with Gasteiger partial charge in [-0.3, -0.25) is 5.32 Å². The quantitative estimate of drug-likeness (QED) is 0.761. The maximum absolute atomic E-state index is 10.2. The monoisotopic (exact) mass is 223 g/mol. The number of nitrogens with one attached hydrogen (secondary N) is 1. The van der Waals surface area contributed by atoms with Crippen molar-refractivity contribution < 1.29 is 14.6 Å². The Bertz CT molecular complexity index is 327. The summed E-state index contributed by atoms with van der Waals surface area (Å²) in [6, 6.07) is 8.30. The van der Waals surface area contributed by atoms with Gasteiger partial charge in [-0.15, -0.1) is 0 Å². The number of ether oxygens (including phenoxy) is 1. The number of carboxylic acids is 1. The second kappa shape index (κ2) is 5.63. The first kappa shape index (κ1) is 12.7. The number of aromatic carboxylic acids is 1. The van der Waals surface area contributed by atoms with Gasteiger partial charge in [-0.1, -0.05) is 18.2 Å². The Labute approximate surface area is 95.2 Å². The molecule has 1 aromatic carbocycles. The largest absolute Gasteiger partial charge is 0.478 e. The van der Waals surface area contributed by atoms with Crippen molar-refractivity contribution in [2.24, 2.45) is 0 Å². The summed E-state index contributed by atoms with van der Waals surface area (Å²) in [5.74, 6) is -0.879. The minimum Gasteiger partial charge on any atom is -0.478 e. The Kier molecular flexibility index (Phi) is 4.46. The van der Waals surface area contributed by atoms with Crippen molar-refractivity contribution in [3.8, 4) is 0 Å². The van der Waals surface area contributed by atoms with E-state index in [0.717, 1.165) is 6.61 Å². The zero-order chi connectivity index (χ0) is 12.0. The van der Waals surface area contributed by atoms with Crippen molar-refractivity contribution in [1.29, 1.82) is 0 Å². The van der Waals surface area contributed by atoms with E-state index in [-0.39, 0.29) is 5.54 Å². The van der Waals surface area contributed by atoms with E-state index in [4.69, 9.17) is 9.84 Å². The SMILES string of the molecule is CC1(C)COCN1.O=C(O)c1ccccc1. The average molecular weight is 223 g/mol. The van der Waals surface area contributed by atoms with Crippen LogP contribution in [0.15, 0.2) is 30.3 Å². The molecule has 16 heavy (non-hydrogen) atoms. The van der Waals surface area contributed by atoms with Gasteiger partial charge in [0.15, 0.2) is 0 Å². The number of benzene rings is 1. The first-order valence-electron chi connectivity index (χ1n) is 5.12. The van der Waals surface area contributed by atoms with Crippen LogP contribution in [0.4, 0.5) is 0 Å². The summed E-state index contributed by atoms with van der Waals surface area (Å²) in [5.41, 5.74) is 0.553. The maximum atomic E-state index is 10.2. The van der Waals surface area contributed by atoms with E-state index in [1.807, 2.05) is 0 Å². The van der Waals surface area contributed by atoms with Gasteiger partial charge in [0.2, 0.25) is 0 Å². The highest BCUT2D eigenvalue weighted by molar-refractivity contribution is 5.87. The highest BCUT2D eigenvalue weighted by Gasteiger charge is 2.21. The van der Waals surface area contributed by atoms with Crippen LogP contribution >= 0.6 is 0 Å². The molecule has 0 aromatic heterocycles.